The molecule has 0 saturated carbocycles. The van der Waals surface area contributed by atoms with Crippen molar-refractivity contribution in [2.45, 2.75) is 26.9 Å². The van der Waals surface area contributed by atoms with Crippen molar-refractivity contribution in [1.29, 1.82) is 0 Å². The van der Waals surface area contributed by atoms with Crippen LogP contribution in [0.15, 0.2) is 22.7 Å². The van der Waals surface area contributed by atoms with E-state index >= 15 is 0 Å². The predicted octanol–water partition coefficient (Wildman–Crippen LogP) is 3.32. The molecule has 2 rings (SSSR count). The van der Waals surface area contributed by atoms with E-state index in [0.29, 0.717) is 10.9 Å². The monoisotopic (exact) mass is 355 g/mol. The number of carbonyl (C=O) groups is 1. The third kappa shape index (κ3) is 3.77. The molecule has 0 bridgehead atoms. The minimum Gasteiger partial charge on any atom is -0.480 e. The topological polar surface area (TPSA) is 64.1 Å². The Balaban J connectivity index is 2.00. The highest BCUT2D eigenvalue weighted by molar-refractivity contribution is 9.10. The first-order valence-corrected chi connectivity index (χ1v) is 7.60. The lowest BCUT2D eigenvalue weighted by molar-refractivity contribution is -0.122. The van der Waals surface area contributed by atoms with E-state index in [0.717, 1.165) is 15.0 Å². The number of rotatable bonds is 4. The third-order valence-electron chi connectivity index (χ3n) is 2.52. The Hall–Kier alpha value is -1.47. The molecule has 0 aliphatic rings. The van der Waals surface area contributed by atoms with Crippen LogP contribution in [-0.4, -0.2) is 22.2 Å². The van der Waals surface area contributed by atoms with Gasteiger partial charge in [-0.25, -0.2) is 0 Å². The van der Waals surface area contributed by atoms with Gasteiger partial charge < -0.3 is 4.74 Å². The van der Waals surface area contributed by atoms with Crippen LogP contribution in [0.2, 0.25) is 0 Å². The maximum absolute atomic E-state index is 12.0. The number of aromatic nitrogens is 2. The second-order valence-electron chi connectivity index (χ2n) is 4.31. The van der Waals surface area contributed by atoms with E-state index in [1.165, 1.54) is 11.3 Å². The van der Waals surface area contributed by atoms with Gasteiger partial charge in [0.1, 0.15) is 10.8 Å². The van der Waals surface area contributed by atoms with Gasteiger partial charge in [-0.1, -0.05) is 17.4 Å². The zero-order chi connectivity index (χ0) is 14.7. The van der Waals surface area contributed by atoms with Crippen LogP contribution in [0.1, 0.15) is 17.5 Å². The van der Waals surface area contributed by atoms with Crippen LogP contribution >= 0.6 is 27.3 Å². The molecule has 1 heterocycles. The fraction of sp³-hybridized carbons (Fsp3) is 0.308. The van der Waals surface area contributed by atoms with Crippen molar-refractivity contribution in [3.63, 3.8) is 0 Å². The van der Waals surface area contributed by atoms with Gasteiger partial charge in [0.25, 0.3) is 5.91 Å². The number of ether oxygens (including phenoxy) is 1. The van der Waals surface area contributed by atoms with Gasteiger partial charge in [0.2, 0.25) is 5.13 Å². The molecule has 1 N–H and O–H groups in total. The number of nitrogens with one attached hydrogen (secondary N) is 1. The Morgan fingerprint density at radius 2 is 2.15 bits per heavy atom. The van der Waals surface area contributed by atoms with E-state index in [1.54, 1.807) is 6.92 Å². The summed E-state index contributed by atoms with van der Waals surface area (Å²) in [5.74, 6) is 0.375. The number of amides is 1. The highest BCUT2D eigenvalue weighted by Crippen LogP contribution is 2.27. The maximum Gasteiger partial charge on any atom is 0.266 e. The third-order valence-corrected chi connectivity index (χ3v) is 3.89. The van der Waals surface area contributed by atoms with E-state index < -0.39 is 6.10 Å². The highest BCUT2D eigenvalue weighted by atomic mass is 79.9. The Morgan fingerprint density at radius 1 is 1.40 bits per heavy atom. The molecular formula is C13H14BrN3O2S. The first kappa shape index (κ1) is 14.9. The van der Waals surface area contributed by atoms with Gasteiger partial charge in [-0.3, -0.25) is 10.1 Å². The SMILES string of the molecule is Cc1ccc(O[C@H](C)C(=O)Nc2nnc(C)s2)c(Br)c1. The predicted molar refractivity (Wildman–Crippen MR) is 82.2 cm³/mol. The van der Waals surface area contributed by atoms with Crippen molar-refractivity contribution < 1.29 is 9.53 Å². The average molecular weight is 356 g/mol. The second kappa shape index (κ2) is 6.32. The molecule has 0 saturated heterocycles. The number of anilines is 1. The Labute approximate surface area is 129 Å². The fourth-order valence-electron chi connectivity index (χ4n) is 1.50. The molecule has 5 nitrogen and oxygen atoms in total. The number of nitrogens with zero attached hydrogens (tertiary/aromatic N) is 2. The lowest BCUT2D eigenvalue weighted by atomic mass is 10.2. The molecule has 7 heteroatoms. The molecule has 1 atom stereocenters. The summed E-state index contributed by atoms with van der Waals surface area (Å²) in [5, 5.41) is 11.6. The van der Waals surface area contributed by atoms with Crippen molar-refractivity contribution in [2.24, 2.45) is 0 Å². The molecule has 0 fully saturated rings. The number of hydrogen-bond donors (Lipinski definition) is 1. The van der Waals surface area contributed by atoms with Crippen LogP contribution in [0.4, 0.5) is 5.13 Å². The number of halogens is 1. The minimum atomic E-state index is -0.627. The Bertz CT molecular complexity index is 630. The fourth-order valence-corrected chi connectivity index (χ4v) is 2.68. The molecule has 1 aromatic carbocycles. The standard InChI is InChI=1S/C13H14BrN3O2S/c1-7-4-5-11(10(14)6-7)19-8(2)12(18)15-13-17-16-9(3)20-13/h4-6,8H,1-3H3,(H,15,17,18)/t8-/m1/s1. The molecule has 0 spiro atoms. The molecule has 106 valence electrons. The van der Waals surface area contributed by atoms with Gasteiger partial charge in [-0.2, -0.15) is 0 Å². The van der Waals surface area contributed by atoms with Crippen molar-refractivity contribution in [2.75, 3.05) is 5.32 Å². The van der Waals surface area contributed by atoms with Crippen LogP contribution in [0, 0.1) is 13.8 Å². The van der Waals surface area contributed by atoms with Crippen LogP contribution in [-0.2, 0) is 4.79 Å². The Morgan fingerprint density at radius 3 is 2.75 bits per heavy atom. The lowest BCUT2D eigenvalue weighted by Gasteiger charge is -2.15. The largest absolute Gasteiger partial charge is 0.480 e. The summed E-state index contributed by atoms with van der Waals surface area (Å²) in [6.07, 6.45) is -0.627. The number of carbonyl (C=O) groups excluding carboxylic acids is 1. The Kier molecular flexibility index (Phi) is 4.72. The molecule has 0 aliphatic heterocycles. The quantitative estimate of drug-likeness (QED) is 0.913. The van der Waals surface area contributed by atoms with E-state index in [1.807, 2.05) is 32.0 Å². The highest BCUT2D eigenvalue weighted by Gasteiger charge is 2.17. The van der Waals surface area contributed by atoms with Gasteiger partial charge in [-0.15, -0.1) is 10.2 Å². The van der Waals surface area contributed by atoms with Gasteiger partial charge in [0, 0.05) is 0 Å². The van der Waals surface area contributed by atoms with Crippen LogP contribution < -0.4 is 10.1 Å². The summed E-state index contributed by atoms with van der Waals surface area (Å²) >= 11 is 4.74. The first-order chi connectivity index (χ1) is 9.45. The van der Waals surface area contributed by atoms with Crippen LogP contribution in [0.5, 0.6) is 5.75 Å². The summed E-state index contributed by atoms with van der Waals surface area (Å²) < 4.78 is 6.46. The summed E-state index contributed by atoms with van der Waals surface area (Å²) in [7, 11) is 0. The molecule has 1 aromatic heterocycles. The van der Waals surface area contributed by atoms with E-state index in [-0.39, 0.29) is 5.91 Å². The zero-order valence-electron chi connectivity index (χ0n) is 11.3. The van der Waals surface area contributed by atoms with Gasteiger partial charge in [-0.05, 0) is 54.4 Å². The van der Waals surface area contributed by atoms with E-state index in [9.17, 15) is 4.79 Å². The van der Waals surface area contributed by atoms with Crippen molar-refractivity contribution in [1.82, 2.24) is 10.2 Å². The summed E-state index contributed by atoms with van der Waals surface area (Å²) in [6, 6.07) is 5.70. The molecule has 0 radical (unpaired) electrons. The van der Waals surface area contributed by atoms with Crippen molar-refractivity contribution in [3.8, 4) is 5.75 Å². The van der Waals surface area contributed by atoms with Crippen LogP contribution in [0.25, 0.3) is 0 Å². The van der Waals surface area contributed by atoms with E-state index in [4.69, 9.17) is 4.74 Å². The summed E-state index contributed by atoms with van der Waals surface area (Å²) in [4.78, 5) is 12.0. The van der Waals surface area contributed by atoms with Crippen LogP contribution in [0.3, 0.4) is 0 Å². The molecule has 1 amide bonds. The van der Waals surface area contributed by atoms with Crippen molar-refractivity contribution in [3.05, 3.63) is 33.2 Å². The van der Waals surface area contributed by atoms with E-state index in [2.05, 4.69) is 31.4 Å². The molecule has 0 aliphatic carbocycles. The number of hydrogen-bond acceptors (Lipinski definition) is 5. The second-order valence-corrected chi connectivity index (χ2v) is 6.35. The summed E-state index contributed by atoms with van der Waals surface area (Å²) in [6.45, 7) is 5.51. The van der Waals surface area contributed by atoms with Gasteiger partial charge in [0.15, 0.2) is 6.10 Å². The number of benzene rings is 1. The summed E-state index contributed by atoms with van der Waals surface area (Å²) in [5.41, 5.74) is 1.12. The normalized spacial score (nSPS) is 12.0. The average Bonchev–Trinajstić information content (AvgIpc) is 2.78. The first-order valence-electron chi connectivity index (χ1n) is 5.99. The smallest absolute Gasteiger partial charge is 0.266 e. The van der Waals surface area contributed by atoms with Crippen molar-refractivity contribution >= 4 is 38.3 Å². The molecule has 0 unspecified atom stereocenters. The molecular weight excluding hydrogens is 342 g/mol. The number of aryl methyl sites for hydroxylation is 2. The molecule has 2 aromatic rings. The van der Waals surface area contributed by atoms with Gasteiger partial charge >= 0.3 is 0 Å². The zero-order valence-corrected chi connectivity index (χ0v) is 13.7. The van der Waals surface area contributed by atoms with Gasteiger partial charge in [0.05, 0.1) is 4.47 Å². The lowest BCUT2D eigenvalue weighted by Crippen LogP contribution is -2.30. The molecule has 20 heavy (non-hydrogen) atoms. The minimum absolute atomic E-state index is 0.256. The maximum atomic E-state index is 12.0.